The number of nitro benzene ring substituents is 1. The van der Waals surface area contributed by atoms with E-state index < -0.39 is 10.7 Å². The molecule has 0 amide bonds. The van der Waals surface area contributed by atoms with Gasteiger partial charge in [0.05, 0.1) is 4.92 Å². The fourth-order valence-corrected chi connectivity index (χ4v) is 2.03. The van der Waals surface area contributed by atoms with Crippen LogP contribution in [0, 0.1) is 15.9 Å². The van der Waals surface area contributed by atoms with Gasteiger partial charge in [0, 0.05) is 36.3 Å². The molecule has 2 aromatic carbocycles. The lowest BCUT2D eigenvalue weighted by atomic mass is 10.1. The summed E-state index contributed by atoms with van der Waals surface area (Å²) in [6.45, 7) is 2.16. The van der Waals surface area contributed by atoms with Gasteiger partial charge in [-0.3, -0.25) is 10.1 Å². The third kappa shape index (κ3) is 3.76. The molecule has 0 aromatic heterocycles. The lowest BCUT2D eigenvalue weighted by Crippen LogP contribution is -2.19. The van der Waals surface area contributed by atoms with Gasteiger partial charge in [-0.2, -0.15) is 0 Å². The zero-order chi connectivity index (χ0) is 15.4. The maximum Gasteiger partial charge on any atom is 0.269 e. The zero-order valence-electron chi connectivity index (χ0n) is 11.4. The van der Waals surface area contributed by atoms with Gasteiger partial charge in [-0.15, -0.1) is 0 Å². The summed E-state index contributed by atoms with van der Waals surface area (Å²) in [4.78, 5) is 10.2. The Morgan fingerprint density at radius 3 is 2.76 bits per heavy atom. The highest BCUT2D eigenvalue weighted by molar-refractivity contribution is 5.34. The topological polar surface area (TPSA) is 75.4 Å². The zero-order valence-corrected chi connectivity index (χ0v) is 11.4. The molecular weight excluding hydrogens is 275 g/mol. The molecule has 0 aliphatic heterocycles. The SMILES string of the molecule is CC(NCc1cccc([N+](=O)[O-])c1)c1ccc(O)cc1F. The van der Waals surface area contributed by atoms with E-state index in [-0.39, 0.29) is 17.5 Å². The molecule has 0 saturated carbocycles. The maximum atomic E-state index is 13.7. The second-order valence-electron chi connectivity index (χ2n) is 4.74. The van der Waals surface area contributed by atoms with Crippen LogP contribution in [0.5, 0.6) is 5.75 Å². The van der Waals surface area contributed by atoms with E-state index in [0.717, 1.165) is 11.6 Å². The van der Waals surface area contributed by atoms with Crippen molar-refractivity contribution in [2.45, 2.75) is 19.5 Å². The summed E-state index contributed by atoms with van der Waals surface area (Å²) in [5.74, 6) is -0.615. The molecule has 2 N–H and O–H groups in total. The molecule has 1 atom stereocenters. The molecule has 0 heterocycles. The van der Waals surface area contributed by atoms with Crippen molar-refractivity contribution in [2.24, 2.45) is 0 Å². The number of nitrogens with zero attached hydrogens (tertiary/aromatic N) is 1. The fraction of sp³-hybridized carbons (Fsp3) is 0.200. The van der Waals surface area contributed by atoms with Crippen LogP contribution in [-0.2, 0) is 6.54 Å². The lowest BCUT2D eigenvalue weighted by molar-refractivity contribution is -0.384. The monoisotopic (exact) mass is 290 g/mol. The van der Waals surface area contributed by atoms with Gasteiger partial charge < -0.3 is 10.4 Å². The summed E-state index contributed by atoms with van der Waals surface area (Å²) in [6, 6.07) is 9.98. The minimum atomic E-state index is -0.492. The molecule has 21 heavy (non-hydrogen) atoms. The number of hydrogen-bond donors (Lipinski definition) is 2. The average Bonchev–Trinajstić information content (AvgIpc) is 2.45. The predicted octanol–water partition coefficient (Wildman–Crippen LogP) is 3.29. The number of halogens is 1. The molecule has 0 fully saturated rings. The lowest BCUT2D eigenvalue weighted by Gasteiger charge is -2.15. The number of hydrogen-bond acceptors (Lipinski definition) is 4. The second-order valence-corrected chi connectivity index (χ2v) is 4.74. The first kappa shape index (κ1) is 14.9. The molecule has 5 nitrogen and oxygen atoms in total. The van der Waals surface area contributed by atoms with E-state index in [0.29, 0.717) is 12.1 Å². The molecule has 0 aliphatic rings. The Labute approximate surface area is 121 Å². The quantitative estimate of drug-likeness (QED) is 0.654. The molecule has 0 bridgehead atoms. The Bertz CT molecular complexity index is 661. The van der Waals surface area contributed by atoms with Crippen molar-refractivity contribution in [2.75, 3.05) is 0 Å². The molecule has 0 radical (unpaired) electrons. The van der Waals surface area contributed by atoms with Gasteiger partial charge in [0.15, 0.2) is 0 Å². The van der Waals surface area contributed by atoms with E-state index >= 15 is 0 Å². The van der Waals surface area contributed by atoms with Crippen molar-refractivity contribution in [3.63, 3.8) is 0 Å². The maximum absolute atomic E-state index is 13.7. The number of nitrogens with one attached hydrogen (secondary N) is 1. The Balaban J connectivity index is 2.05. The first-order valence-corrected chi connectivity index (χ1v) is 6.42. The van der Waals surface area contributed by atoms with Crippen molar-refractivity contribution < 1.29 is 14.4 Å². The first-order valence-electron chi connectivity index (χ1n) is 6.42. The number of non-ortho nitro benzene ring substituents is 1. The number of aromatic hydroxyl groups is 1. The Morgan fingerprint density at radius 1 is 1.33 bits per heavy atom. The van der Waals surface area contributed by atoms with Gasteiger partial charge >= 0.3 is 0 Å². The normalized spacial score (nSPS) is 12.1. The fourth-order valence-electron chi connectivity index (χ4n) is 2.03. The summed E-state index contributed by atoms with van der Waals surface area (Å²) in [6.07, 6.45) is 0. The van der Waals surface area contributed by atoms with Gasteiger partial charge in [-0.05, 0) is 18.6 Å². The largest absolute Gasteiger partial charge is 0.508 e. The van der Waals surface area contributed by atoms with Gasteiger partial charge in [-0.25, -0.2) is 4.39 Å². The minimum absolute atomic E-state index is 0.0257. The summed E-state index contributed by atoms with van der Waals surface area (Å²) in [5.41, 5.74) is 1.20. The molecule has 0 spiro atoms. The van der Waals surface area contributed by atoms with Crippen LogP contribution < -0.4 is 5.32 Å². The van der Waals surface area contributed by atoms with Crippen LogP contribution in [-0.4, -0.2) is 10.0 Å². The van der Waals surface area contributed by atoms with Crippen LogP contribution in [0.1, 0.15) is 24.1 Å². The number of phenolic OH excluding ortho intramolecular Hbond substituents is 1. The Hall–Kier alpha value is -2.47. The van der Waals surface area contributed by atoms with Crippen LogP contribution in [0.3, 0.4) is 0 Å². The van der Waals surface area contributed by atoms with E-state index in [2.05, 4.69) is 5.32 Å². The highest BCUT2D eigenvalue weighted by Crippen LogP contribution is 2.21. The van der Waals surface area contributed by atoms with Gasteiger partial charge in [0.1, 0.15) is 11.6 Å². The first-order chi connectivity index (χ1) is 9.97. The second kappa shape index (κ2) is 6.32. The molecule has 0 aliphatic carbocycles. The van der Waals surface area contributed by atoms with Crippen molar-refractivity contribution in [1.82, 2.24) is 5.32 Å². The van der Waals surface area contributed by atoms with Gasteiger partial charge in [0.2, 0.25) is 0 Å². The average molecular weight is 290 g/mol. The Kier molecular flexibility index (Phi) is 4.49. The third-order valence-corrected chi connectivity index (χ3v) is 3.18. The van der Waals surface area contributed by atoms with Crippen molar-refractivity contribution in [3.8, 4) is 5.75 Å². The van der Waals surface area contributed by atoms with Crippen LogP contribution in [0.4, 0.5) is 10.1 Å². The van der Waals surface area contributed by atoms with E-state index in [1.54, 1.807) is 19.1 Å². The summed E-state index contributed by atoms with van der Waals surface area (Å²) >= 11 is 0. The summed E-state index contributed by atoms with van der Waals surface area (Å²) in [5, 5.41) is 23.0. The molecule has 2 aromatic rings. The van der Waals surface area contributed by atoms with E-state index in [9.17, 15) is 19.6 Å². The molecule has 0 saturated heterocycles. The van der Waals surface area contributed by atoms with Crippen LogP contribution in [0.15, 0.2) is 42.5 Å². The highest BCUT2D eigenvalue weighted by Gasteiger charge is 2.12. The van der Waals surface area contributed by atoms with Crippen molar-refractivity contribution in [1.29, 1.82) is 0 Å². The molecule has 6 heteroatoms. The van der Waals surface area contributed by atoms with Crippen molar-refractivity contribution >= 4 is 5.69 Å². The molecule has 1 unspecified atom stereocenters. The Morgan fingerprint density at radius 2 is 2.10 bits per heavy atom. The van der Waals surface area contributed by atoms with Gasteiger partial charge in [0.25, 0.3) is 5.69 Å². The third-order valence-electron chi connectivity index (χ3n) is 3.18. The predicted molar refractivity (Wildman–Crippen MR) is 76.4 cm³/mol. The molecule has 110 valence electrons. The summed E-state index contributed by atoms with van der Waals surface area (Å²) < 4.78 is 13.7. The molecular formula is C15H15FN2O3. The van der Waals surface area contributed by atoms with Crippen LogP contribution >= 0.6 is 0 Å². The van der Waals surface area contributed by atoms with E-state index in [1.165, 1.54) is 24.3 Å². The van der Waals surface area contributed by atoms with Crippen LogP contribution in [0.25, 0.3) is 0 Å². The number of nitro groups is 1. The molecule has 2 rings (SSSR count). The number of rotatable bonds is 5. The van der Waals surface area contributed by atoms with Crippen LogP contribution in [0.2, 0.25) is 0 Å². The minimum Gasteiger partial charge on any atom is -0.508 e. The standard InChI is InChI=1S/C15H15FN2O3/c1-10(14-6-5-13(19)8-15(14)16)17-9-11-3-2-4-12(7-11)18(20)21/h2-8,10,17,19H,9H2,1H3. The number of benzene rings is 2. The van der Waals surface area contributed by atoms with Crippen molar-refractivity contribution in [3.05, 3.63) is 69.5 Å². The highest BCUT2D eigenvalue weighted by atomic mass is 19.1. The number of phenols is 1. The van der Waals surface area contributed by atoms with Gasteiger partial charge in [-0.1, -0.05) is 18.2 Å². The smallest absolute Gasteiger partial charge is 0.269 e. The van der Waals surface area contributed by atoms with E-state index in [4.69, 9.17) is 0 Å². The summed E-state index contributed by atoms with van der Waals surface area (Å²) in [7, 11) is 0. The van der Waals surface area contributed by atoms with E-state index in [1.807, 2.05) is 0 Å².